The number of fused-ring (bicyclic) bond motifs is 1. The van der Waals surface area contributed by atoms with Crippen LogP contribution in [0.2, 0.25) is 0 Å². The summed E-state index contributed by atoms with van der Waals surface area (Å²) in [6.07, 6.45) is 5.27. The van der Waals surface area contributed by atoms with Gasteiger partial charge in [-0.25, -0.2) is 19.7 Å². The number of rotatable bonds is 8. The zero-order chi connectivity index (χ0) is 26.6. The minimum Gasteiger partial charge on any atom is -0.481 e. The van der Waals surface area contributed by atoms with Crippen LogP contribution in [0.3, 0.4) is 0 Å². The maximum atomic E-state index is 12.0. The van der Waals surface area contributed by atoms with Crippen LogP contribution < -0.4 is 15.5 Å². The number of carboxylic acids is 1. The van der Waals surface area contributed by atoms with Gasteiger partial charge in [0.2, 0.25) is 5.95 Å². The minimum absolute atomic E-state index is 0.313. The van der Waals surface area contributed by atoms with E-state index >= 15 is 0 Å². The number of carbonyl (C=O) groups is 2. The van der Waals surface area contributed by atoms with Crippen molar-refractivity contribution in [1.82, 2.24) is 20.3 Å². The zero-order valence-electron chi connectivity index (χ0n) is 21.4. The highest BCUT2D eigenvalue weighted by atomic mass is 32.1. The molecule has 0 spiro atoms. The third-order valence-corrected chi connectivity index (χ3v) is 7.79. The highest BCUT2D eigenvalue weighted by Gasteiger charge is 2.40. The predicted molar refractivity (Wildman–Crippen MR) is 144 cm³/mol. The molecule has 1 saturated heterocycles. The molecule has 0 aliphatic carbocycles. The fourth-order valence-corrected chi connectivity index (χ4v) is 5.50. The summed E-state index contributed by atoms with van der Waals surface area (Å²) in [6.45, 7) is 7.34. The number of thiazole rings is 1. The Balaban J connectivity index is 1.62. The van der Waals surface area contributed by atoms with Crippen LogP contribution in [0.25, 0.3) is 21.3 Å². The summed E-state index contributed by atoms with van der Waals surface area (Å²) in [5.41, 5.74) is 3.20. The van der Waals surface area contributed by atoms with Crippen LogP contribution in [-0.4, -0.2) is 64.5 Å². The first-order valence-corrected chi connectivity index (χ1v) is 13.0. The molecule has 3 N–H and O–H groups in total. The number of benzene rings is 1. The zero-order valence-corrected chi connectivity index (χ0v) is 22.2. The molecular formula is C25H31N7O4S. The lowest BCUT2D eigenvalue weighted by molar-refractivity contribution is -0.150. The highest BCUT2D eigenvalue weighted by Crippen LogP contribution is 2.37. The molecule has 1 aliphatic heterocycles. The molecule has 37 heavy (non-hydrogen) atoms. The van der Waals surface area contributed by atoms with Gasteiger partial charge in [-0.1, -0.05) is 23.4 Å². The van der Waals surface area contributed by atoms with Crippen molar-refractivity contribution in [2.75, 3.05) is 37.0 Å². The second-order valence-corrected chi connectivity index (χ2v) is 9.93. The smallest absolute Gasteiger partial charge is 0.321 e. The molecule has 1 fully saturated rings. The Hall–Kier alpha value is -3.80. The number of nitrogens with zero attached hydrogens (tertiary/aromatic N) is 5. The van der Waals surface area contributed by atoms with Crippen LogP contribution in [0.1, 0.15) is 45.6 Å². The average Bonchev–Trinajstić information content (AvgIpc) is 3.30. The molecule has 0 bridgehead atoms. The molecule has 2 amide bonds. The average molecular weight is 526 g/mol. The highest BCUT2D eigenvalue weighted by molar-refractivity contribution is 7.22. The van der Waals surface area contributed by atoms with Crippen molar-refractivity contribution in [3.05, 3.63) is 30.1 Å². The summed E-state index contributed by atoms with van der Waals surface area (Å²) in [5, 5.41) is 19.7. The minimum atomic E-state index is -0.726. The van der Waals surface area contributed by atoms with Crippen molar-refractivity contribution in [3.63, 3.8) is 0 Å². The topological polar surface area (TPSA) is 142 Å². The van der Waals surface area contributed by atoms with Gasteiger partial charge in [0, 0.05) is 43.2 Å². The Bertz CT molecular complexity index is 1310. The van der Waals surface area contributed by atoms with E-state index in [-0.39, 0.29) is 6.03 Å². The molecule has 0 atom stereocenters. The van der Waals surface area contributed by atoms with Crippen molar-refractivity contribution in [3.8, 4) is 11.1 Å². The number of hydrogen-bond acceptors (Lipinski definition) is 9. The van der Waals surface area contributed by atoms with Crippen molar-refractivity contribution in [1.29, 1.82) is 0 Å². The first-order valence-electron chi connectivity index (χ1n) is 12.2. The van der Waals surface area contributed by atoms with Gasteiger partial charge in [0.15, 0.2) is 5.13 Å². The lowest BCUT2D eigenvalue weighted by atomic mass is 9.76. The SMILES string of the molecule is CCNC(=O)Nc1nc2cc(-c3cnc(N4CCC(CC)(C(=O)O)CC4)nc3)cc(/C(C)=N/OC)c2s1. The lowest BCUT2D eigenvalue weighted by Gasteiger charge is -2.38. The van der Waals surface area contributed by atoms with E-state index in [0.717, 1.165) is 21.4 Å². The molecule has 196 valence electrons. The van der Waals surface area contributed by atoms with E-state index in [2.05, 4.69) is 30.7 Å². The van der Waals surface area contributed by atoms with Crippen LogP contribution in [0.4, 0.5) is 15.9 Å². The molecule has 4 rings (SSSR count). The number of nitrogens with one attached hydrogen (secondary N) is 2. The number of urea groups is 1. The van der Waals surface area contributed by atoms with Gasteiger partial charge in [-0.15, -0.1) is 0 Å². The van der Waals surface area contributed by atoms with Gasteiger partial charge in [0.25, 0.3) is 0 Å². The van der Waals surface area contributed by atoms with E-state index in [1.807, 2.05) is 37.8 Å². The van der Waals surface area contributed by atoms with E-state index in [0.29, 0.717) is 61.2 Å². The van der Waals surface area contributed by atoms with Crippen LogP contribution in [-0.2, 0) is 9.63 Å². The van der Waals surface area contributed by atoms with Gasteiger partial charge < -0.3 is 20.2 Å². The predicted octanol–water partition coefficient (Wildman–Crippen LogP) is 4.35. The molecule has 3 heterocycles. The number of amides is 2. The van der Waals surface area contributed by atoms with Gasteiger partial charge >= 0.3 is 12.0 Å². The van der Waals surface area contributed by atoms with Crippen molar-refractivity contribution < 1.29 is 19.5 Å². The summed E-state index contributed by atoms with van der Waals surface area (Å²) in [6, 6.07) is 3.60. The standard InChI is InChI=1S/C25H31N7O4S/c1-5-25(21(33)34)7-9-32(10-8-25)22-27-13-17(14-28-22)16-11-18(15(3)31-36-4)20-19(12-16)29-24(37-20)30-23(35)26-6-2/h11-14H,5-10H2,1-4H3,(H,33,34)(H2,26,29,30,35)/b31-15+. The number of oxime groups is 1. The Morgan fingerprint density at radius 2 is 1.89 bits per heavy atom. The van der Waals surface area contributed by atoms with Gasteiger partial charge in [-0.2, -0.15) is 0 Å². The lowest BCUT2D eigenvalue weighted by Crippen LogP contribution is -2.44. The quantitative estimate of drug-likeness (QED) is 0.291. The summed E-state index contributed by atoms with van der Waals surface area (Å²) in [4.78, 5) is 44.6. The fraction of sp³-hybridized carbons (Fsp3) is 0.440. The van der Waals surface area contributed by atoms with Crippen LogP contribution >= 0.6 is 11.3 Å². The second kappa shape index (κ2) is 11.1. The largest absolute Gasteiger partial charge is 0.481 e. The van der Waals surface area contributed by atoms with Crippen LogP contribution in [0.5, 0.6) is 0 Å². The normalized spacial score (nSPS) is 15.5. The number of aromatic nitrogens is 3. The van der Waals surface area contributed by atoms with E-state index < -0.39 is 11.4 Å². The van der Waals surface area contributed by atoms with Crippen molar-refractivity contribution in [2.45, 2.75) is 40.0 Å². The first kappa shape index (κ1) is 26.3. The second-order valence-electron chi connectivity index (χ2n) is 8.93. The van der Waals surface area contributed by atoms with Gasteiger partial charge in [0.05, 0.1) is 21.3 Å². The summed E-state index contributed by atoms with van der Waals surface area (Å²) in [7, 11) is 1.49. The number of aliphatic carboxylic acids is 1. The summed E-state index contributed by atoms with van der Waals surface area (Å²) >= 11 is 1.36. The molecule has 1 aromatic carbocycles. The van der Waals surface area contributed by atoms with Crippen molar-refractivity contribution in [2.24, 2.45) is 10.6 Å². The number of anilines is 2. The Kier molecular flexibility index (Phi) is 7.86. The molecule has 1 aliphatic rings. The molecule has 3 aromatic rings. The molecule has 2 aromatic heterocycles. The molecule has 12 heteroatoms. The molecular weight excluding hydrogens is 494 g/mol. The van der Waals surface area contributed by atoms with E-state index in [1.165, 1.54) is 18.4 Å². The van der Waals surface area contributed by atoms with E-state index in [1.54, 1.807) is 12.4 Å². The van der Waals surface area contributed by atoms with E-state index in [4.69, 9.17) is 4.84 Å². The number of piperidine rings is 1. The van der Waals surface area contributed by atoms with E-state index in [9.17, 15) is 14.7 Å². The molecule has 0 unspecified atom stereocenters. The summed E-state index contributed by atoms with van der Waals surface area (Å²) < 4.78 is 0.873. The Labute approximate surface area is 219 Å². The third kappa shape index (κ3) is 5.48. The maximum absolute atomic E-state index is 12.0. The van der Waals surface area contributed by atoms with Crippen LogP contribution in [0, 0.1) is 5.41 Å². The third-order valence-electron chi connectivity index (χ3n) is 6.77. The van der Waals surface area contributed by atoms with Crippen LogP contribution in [0.15, 0.2) is 29.7 Å². The molecule has 0 saturated carbocycles. The van der Waals surface area contributed by atoms with Crippen molar-refractivity contribution >= 4 is 50.3 Å². The fourth-order valence-electron chi connectivity index (χ4n) is 4.50. The number of carboxylic acid groups (broad SMARTS) is 1. The summed E-state index contributed by atoms with van der Waals surface area (Å²) in [5.74, 6) is -0.143. The molecule has 0 radical (unpaired) electrons. The maximum Gasteiger partial charge on any atom is 0.321 e. The van der Waals surface area contributed by atoms with Gasteiger partial charge in [-0.3, -0.25) is 10.1 Å². The first-order chi connectivity index (χ1) is 17.8. The van der Waals surface area contributed by atoms with Gasteiger partial charge in [0.1, 0.15) is 7.11 Å². The monoisotopic (exact) mass is 525 g/mol. The number of hydrogen-bond donors (Lipinski definition) is 3. The molecule has 11 nitrogen and oxygen atoms in total. The Morgan fingerprint density at radius 3 is 2.49 bits per heavy atom. The van der Waals surface area contributed by atoms with Gasteiger partial charge in [-0.05, 0) is 50.8 Å². The number of carbonyl (C=O) groups excluding carboxylic acids is 1. The Morgan fingerprint density at radius 1 is 1.19 bits per heavy atom.